The molecule has 1 rings (SSSR count). The molecule has 0 aliphatic heterocycles. The van der Waals surface area contributed by atoms with Gasteiger partial charge in [0.15, 0.2) is 0 Å². The summed E-state index contributed by atoms with van der Waals surface area (Å²) in [5.74, 6) is 0.598. The van der Waals surface area contributed by atoms with Crippen LogP contribution in [0, 0.1) is 17.8 Å². The lowest BCUT2D eigenvalue weighted by atomic mass is 9.80. The molecule has 0 aromatic carbocycles. The van der Waals surface area contributed by atoms with Gasteiger partial charge in [0.2, 0.25) is 0 Å². The van der Waals surface area contributed by atoms with Crippen LogP contribution < -0.4 is 0 Å². The number of aliphatic hydroxyl groups excluding tert-OH is 2. The second-order valence-electron chi connectivity index (χ2n) is 5.74. The van der Waals surface area contributed by atoms with Crippen LogP contribution >= 0.6 is 0 Å². The van der Waals surface area contributed by atoms with E-state index in [1.807, 2.05) is 32.9 Å². The SMILES string of the molecule is CC(C=CC1C(C(C)CO)CCC1(C)O)=CCO. The van der Waals surface area contributed by atoms with E-state index >= 15 is 0 Å². The monoisotopic (exact) mass is 254 g/mol. The van der Waals surface area contributed by atoms with Gasteiger partial charge in [0, 0.05) is 12.5 Å². The largest absolute Gasteiger partial charge is 0.396 e. The first-order chi connectivity index (χ1) is 8.42. The maximum absolute atomic E-state index is 10.4. The Labute approximate surface area is 110 Å². The smallest absolute Gasteiger partial charge is 0.0685 e. The fourth-order valence-electron chi connectivity index (χ4n) is 2.86. The minimum atomic E-state index is -0.690. The van der Waals surface area contributed by atoms with Crippen molar-refractivity contribution in [3.63, 3.8) is 0 Å². The molecule has 4 unspecified atom stereocenters. The first-order valence-electron chi connectivity index (χ1n) is 6.71. The van der Waals surface area contributed by atoms with Gasteiger partial charge in [-0.05, 0) is 38.5 Å². The summed E-state index contributed by atoms with van der Waals surface area (Å²) in [5, 5.41) is 28.5. The molecule has 0 spiro atoms. The van der Waals surface area contributed by atoms with Crippen LogP contribution in [0.2, 0.25) is 0 Å². The molecule has 0 saturated heterocycles. The molecule has 1 saturated carbocycles. The molecule has 3 N–H and O–H groups in total. The summed E-state index contributed by atoms with van der Waals surface area (Å²) < 4.78 is 0. The van der Waals surface area contributed by atoms with E-state index in [2.05, 4.69) is 0 Å². The van der Waals surface area contributed by atoms with E-state index in [0.29, 0.717) is 5.92 Å². The third kappa shape index (κ3) is 3.67. The molecule has 1 aliphatic rings. The zero-order valence-electron chi connectivity index (χ0n) is 11.6. The van der Waals surface area contributed by atoms with Crippen molar-refractivity contribution in [1.29, 1.82) is 0 Å². The van der Waals surface area contributed by atoms with E-state index < -0.39 is 5.60 Å². The molecule has 0 heterocycles. The van der Waals surface area contributed by atoms with Gasteiger partial charge in [-0.3, -0.25) is 0 Å². The topological polar surface area (TPSA) is 60.7 Å². The summed E-state index contributed by atoms with van der Waals surface area (Å²) in [7, 11) is 0. The first kappa shape index (κ1) is 15.4. The third-order valence-electron chi connectivity index (χ3n) is 4.16. The number of rotatable bonds is 5. The molecule has 0 amide bonds. The van der Waals surface area contributed by atoms with Crippen molar-refractivity contribution >= 4 is 0 Å². The van der Waals surface area contributed by atoms with Crippen molar-refractivity contribution < 1.29 is 15.3 Å². The Morgan fingerprint density at radius 3 is 2.67 bits per heavy atom. The standard InChI is InChI=1S/C15H26O3/c1-11(7-9-16)4-5-14-13(12(2)10-17)6-8-15(14,3)18/h4-5,7,12-14,16-18H,6,8-10H2,1-3H3. The number of aliphatic hydroxyl groups is 3. The van der Waals surface area contributed by atoms with E-state index in [1.165, 1.54) is 0 Å². The van der Waals surface area contributed by atoms with E-state index in [1.54, 1.807) is 6.08 Å². The van der Waals surface area contributed by atoms with Gasteiger partial charge in [-0.1, -0.05) is 30.7 Å². The van der Waals surface area contributed by atoms with Crippen LogP contribution in [0.1, 0.15) is 33.6 Å². The lowest BCUT2D eigenvalue weighted by Gasteiger charge is -2.29. The van der Waals surface area contributed by atoms with Crippen molar-refractivity contribution in [2.24, 2.45) is 17.8 Å². The average Bonchev–Trinajstić information content (AvgIpc) is 2.61. The van der Waals surface area contributed by atoms with Crippen LogP contribution in [0.4, 0.5) is 0 Å². The fraction of sp³-hybridized carbons (Fsp3) is 0.733. The molecule has 18 heavy (non-hydrogen) atoms. The number of hydrogen-bond acceptors (Lipinski definition) is 3. The molecule has 0 bridgehead atoms. The normalized spacial score (nSPS) is 35.3. The Morgan fingerprint density at radius 1 is 1.44 bits per heavy atom. The highest BCUT2D eigenvalue weighted by molar-refractivity contribution is 5.19. The summed E-state index contributed by atoms with van der Waals surface area (Å²) in [6.45, 7) is 6.03. The van der Waals surface area contributed by atoms with Gasteiger partial charge >= 0.3 is 0 Å². The van der Waals surface area contributed by atoms with Crippen LogP contribution in [0.3, 0.4) is 0 Å². The van der Waals surface area contributed by atoms with E-state index in [-0.39, 0.29) is 25.0 Å². The molecule has 4 atom stereocenters. The molecular formula is C15H26O3. The van der Waals surface area contributed by atoms with E-state index in [9.17, 15) is 10.2 Å². The second kappa shape index (κ2) is 6.50. The first-order valence-corrected chi connectivity index (χ1v) is 6.71. The summed E-state index contributed by atoms with van der Waals surface area (Å²) in [6.07, 6.45) is 7.46. The lowest BCUT2D eigenvalue weighted by molar-refractivity contribution is 0.0214. The Hall–Kier alpha value is -0.640. The van der Waals surface area contributed by atoms with Crippen molar-refractivity contribution in [3.05, 3.63) is 23.8 Å². The van der Waals surface area contributed by atoms with E-state index in [4.69, 9.17) is 5.11 Å². The predicted molar refractivity (Wildman–Crippen MR) is 73.1 cm³/mol. The predicted octanol–water partition coefficient (Wildman–Crippen LogP) is 1.89. The Bertz CT molecular complexity index is 318. The Kier molecular flexibility index (Phi) is 5.57. The van der Waals surface area contributed by atoms with Crippen LogP contribution in [-0.2, 0) is 0 Å². The van der Waals surface area contributed by atoms with Crippen LogP contribution in [0.25, 0.3) is 0 Å². The van der Waals surface area contributed by atoms with Crippen molar-refractivity contribution in [3.8, 4) is 0 Å². The zero-order chi connectivity index (χ0) is 13.8. The van der Waals surface area contributed by atoms with Crippen molar-refractivity contribution in [2.75, 3.05) is 13.2 Å². The van der Waals surface area contributed by atoms with Gasteiger partial charge in [0.05, 0.1) is 12.2 Å². The van der Waals surface area contributed by atoms with Crippen molar-refractivity contribution in [1.82, 2.24) is 0 Å². The minimum Gasteiger partial charge on any atom is -0.396 e. The highest BCUT2D eigenvalue weighted by Gasteiger charge is 2.43. The molecule has 1 aliphatic carbocycles. The quantitative estimate of drug-likeness (QED) is 0.657. The zero-order valence-corrected chi connectivity index (χ0v) is 11.6. The van der Waals surface area contributed by atoms with Crippen LogP contribution in [0.15, 0.2) is 23.8 Å². The maximum Gasteiger partial charge on any atom is 0.0685 e. The molecule has 0 radical (unpaired) electrons. The van der Waals surface area contributed by atoms with E-state index in [0.717, 1.165) is 18.4 Å². The highest BCUT2D eigenvalue weighted by Crippen LogP contribution is 2.44. The van der Waals surface area contributed by atoms with Crippen molar-refractivity contribution in [2.45, 2.75) is 39.2 Å². The van der Waals surface area contributed by atoms with Gasteiger partial charge in [-0.2, -0.15) is 0 Å². The Morgan fingerprint density at radius 2 is 2.11 bits per heavy atom. The number of allylic oxidation sites excluding steroid dienone is 2. The highest BCUT2D eigenvalue weighted by atomic mass is 16.3. The van der Waals surface area contributed by atoms with Gasteiger partial charge in [-0.15, -0.1) is 0 Å². The van der Waals surface area contributed by atoms with Gasteiger partial charge < -0.3 is 15.3 Å². The van der Waals surface area contributed by atoms with Gasteiger partial charge in [0.25, 0.3) is 0 Å². The fourth-order valence-corrected chi connectivity index (χ4v) is 2.86. The van der Waals surface area contributed by atoms with Gasteiger partial charge in [0.1, 0.15) is 0 Å². The Balaban J connectivity index is 2.83. The summed E-state index contributed by atoms with van der Waals surface area (Å²) >= 11 is 0. The average molecular weight is 254 g/mol. The summed E-state index contributed by atoms with van der Waals surface area (Å²) in [5.41, 5.74) is 0.306. The molecule has 0 aromatic heterocycles. The maximum atomic E-state index is 10.4. The molecule has 3 nitrogen and oxygen atoms in total. The van der Waals surface area contributed by atoms with Crippen LogP contribution in [-0.4, -0.2) is 34.1 Å². The van der Waals surface area contributed by atoms with Crippen LogP contribution in [0.5, 0.6) is 0 Å². The third-order valence-corrected chi connectivity index (χ3v) is 4.16. The summed E-state index contributed by atoms with van der Waals surface area (Å²) in [4.78, 5) is 0. The minimum absolute atomic E-state index is 0.0354. The molecular weight excluding hydrogens is 228 g/mol. The van der Waals surface area contributed by atoms with Gasteiger partial charge in [-0.25, -0.2) is 0 Å². The number of hydrogen-bond donors (Lipinski definition) is 3. The summed E-state index contributed by atoms with van der Waals surface area (Å²) in [6, 6.07) is 0. The second-order valence-corrected chi connectivity index (χ2v) is 5.74. The lowest BCUT2D eigenvalue weighted by Crippen LogP contribution is -2.32. The molecule has 3 heteroatoms. The molecule has 1 fully saturated rings. The molecule has 0 aromatic rings. The molecule has 104 valence electrons.